The molecule has 0 saturated carbocycles. The van der Waals surface area contributed by atoms with Gasteiger partial charge in [0, 0.05) is 0 Å². The molecule has 0 amide bonds. The van der Waals surface area contributed by atoms with Crippen LogP contribution in [0.15, 0.2) is 18.2 Å². The van der Waals surface area contributed by atoms with Gasteiger partial charge in [-0.25, -0.2) is 4.39 Å². The zero-order valence-electron chi connectivity index (χ0n) is 6.92. The minimum absolute atomic E-state index is 0.243. The Morgan fingerprint density at radius 2 is 2.31 bits per heavy atom. The second-order valence-electron chi connectivity index (χ2n) is 2.35. The van der Waals surface area contributed by atoms with Gasteiger partial charge in [0.25, 0.3) is 0 Å². The summed E-state index contributed by atoms with van der Waals surface area (Å²) in [6, 6.07) is 6.34. The fraction of sp³-hybridized carbons (Fsp3) is 0.222. The molecule has 4 heteroatoms. The Morgan fingerprint density at radius 3 is 2.85 bits per heavy atom. The van der Waals surface area contributed by atoms with Gasteiger partial charge in [0.05, 0.1) is 18.7 Å². The van der Waals surface area contributed by atoms with E-state index in [4.69, 9.17) is 10.00 Å². The van der Waals surface area contributed by atoms with Gasteiger partial charge >= 0.3 is 0 Å². The normalized spacial score (nSPS) is 11.8. The summed E-state index contributed by atoms with van der Waals surface area (Å²) >= 11 is 3.05. The van der Waals surface area contributed by atoms with Crippen LogP contribution >= 0.6 is 15.9 Å². The largest absolute Gasteiger partial charge is 0.496 e. The van der Waals surface area contributed by atoms with Crippen molar-refractivity contribution in [2.75, 3.05) is 7.11 Å². The van der Waals surface area contributed by atoms with Crippen molar-refractivity contribution >= 4 is 15.9 Å². The number of halogens is 2. The Bertz CT molecular complexity index is 348. The number of benzene rings is 1. The van der Waals surface area contributed by atoms with Crippen molar-refractivity contribution in [3.8, 4) is 11.8 Å². The molecular formula is C9H7BrFNO. The Morgan fingerprint density at radius 1 is 1.62 bits per heavy atom. The molecule has 0 spiro atoms. The maximum atomic E-state index is 13.2. The van der Waals surface area contributed by atoms with Crippen molar-refractivity contribution in [3.05, 3.63) is 29.6 Å². The second kappa shape index (κ2) is 4.24. The van der Waals surface area contributed by atoms with Gasteiger partial charge in [-0.2, -0.15) is 5.26 Å². The minimum Gasteiger partial charge on any atom is -0.496 e. The van der Waals surface area contributed by atoms with Crippen molar-refractivity contribution in [1.82, 2.24) is 0 Å². The van der Waals surface area contributed by atoms with E-state index in [1.807, 2.05) is 6.07 Å². The number of hydrogen-bond donors (Lipinski definition) is 0. The molecule has 0 heterocycles. The quantitative estimate of drug-likeness (QED) is 0.749. The topological polar surface area (TPSA) is 33.0 Å². The molecule has 0 aliphatic rings. The molecule has 0 fully saturated rings. The molecule has 0 radical (unpaired) electrons. The standard InChI is InChI=1S/C9H7BrFNO/c1-13-8-4-2-3-7(11)9(8)6(10)5-12/h2-4,6H,1H3. The lowest BCUT2D eigenvalue weighted by molar-refractivity contribution is 0.406. The van der Waals surface area contributed by atoms with Gasteiger partial charge in [-0.3, -0.25) is 0 Å². The zero-order valence-corrected chi connectivity index (χ0v) is 8.51. The van der Waals surface area contributed by atoms with Crippen molar-refractivity contribution in [1.29, 1.82) is 5.26 Å². The number of rotatable bonds is 2. The molecule has 68 valence electrons. The summed E-state index contributed by atoms with van der Waals surface area (Å²) in [7, 11) is 1.44. The van der Waals surface area contributed by atoms with Crippen LogP contribution < -0.4 is 4.74 Å². The van der Waals surface area contributed by atoms with Crippen LogP contribution in [0, 0.1) is 17.1 Å². The third-order valence-corrected chi connectivity index (χ3v) is 2.26. The predicted octanol–water partition coefficient (Wildman–Crippen LogP) is 2.79. The number of nitrogens with zero attached hydrogens (tertiary/aromatic N) is 1. The SMILES string of the molecule is COc1cccc(F)c1C(Br)C#N. The summed E-state index contributed by atoms with van der Waals surface area (Å²) in [4.78, 5) is -0.677. The summed E-state index contributed by atoms with van der Waals surface area (Å²) in [5.41, 5.74) is 0.243. The number of hydrogen-bond acceptors (Lipinski definition) is 2. The first kappa shape index (κ1) is 10.0. The van der Waals surface area contributed by atoms with Crippen molar-refractivity contribution < 1.29 is 9.13 Å². The lowest BCUT2D eigenvalue weighted by Crippen LogP contribution is -1.96. The van der Waals surface area contributed by atoms with Crippen molar-refractivity contribution in [2.24, 2.45) is 0 Å². The van der Waals surface area contributed by atoms with E-state index < -0.39 is 10.6 Å². The monoisotopic (exact) mass is 243 g/mol. The van der Waals surface area contributed by atoms with Crippen LogP contribution in [0.5, 0.6) is 5.75 Å². The predicted molar refractivity (Wildman–Crippen MR) is 50.2 cm³/mol. The van der Waals surface area contributed by atoms with Gasteiger partial charge in [0.15, 0.2) is 0 Å². The van der Waals surface area contributed by atoms with Crippen LogP contribution in [0.3, 0.4) is 0 Å². The molecule has 0 aliphatic heterocycles. The number of nitriles is 1. The highest BCUT2D eigenvalue weighted by Gasteiger charge is 2.16. The van der Waals surface area contributed by atoms with E-state index in [1.54, 1.807) is 6.07 Å². The van der Waals surface area contributed by atoms with Crippen LogP contribution in [0.1, 0.15) is 10.4 Å². The fourth-order valence-electron chi connectivity index (χ4n) is 1.01. The molecule has 13 heavy (non-hydrogen) atoms. The number of methoxy groups -OCH3 is 1. The summed E-state index contributed by atoms with van der Waals surface area (Å²) in [6.07, 6.45) is 0. The summed E-state index contributed by atoms with van der Waals surface area (Å²) in [5.74, 6) is -0.0637. The summed E-state index contributed by atoms with van der Waals surface area (Å²) in [6.45, 7) is 0. The van der Waals surface area contributed by atoms with Crippen LogP contribution in [0.25, 0.3) is 0 Å². The van der Waals surface area contributed by atoms with E-state index in [1.165, 1.54) is 19.2 Å². The van der Waals surface area contributed by atoms with Gasteiger partial charge in [0.2, 0.25) is 0 Å². The fourth-order valence-corrected chi connectivity index (χ4v) is 1.45. The molecule has 1 atom stereocenters. The molecule has 1 aromatic carbocycles. The first-order valence-electron chi connectivity index (χ1n) is 3.56. The third kappa shape index (κ3) is 1.99. The molecule has 1 aromatic rings. The van der Waals surface area contributed by atoms with Crippen LogP contribution in [0.2, 0.25) is 0 Å². The molecular weight excluding hydrogens is 237 g/mol. The number of alkyl halides is 1. The number of ether oxygens (including phenoxy) is 1. The van der Waals surface area contributed by atoms with Gasteiger partial charge in [-0.1, -0.05) is 22.0 Å². The molecule has 0 aliphatic carbocycles. The van der Waals surface area contributed by atoms with Gasteiger partial charge in [-0.05, 0) is 12.1 Å². The third-order valence-electron chi connectivity index (χ3n) is 1.60. The average molecular weight is 244 g/mol. The van der Waals surface area contributed by atoms with Crippen LogP contribution in [-0.2, 0) is 0 Å². The lowest BCUT2D eigenvalue weighted by atomic mass is 10.1. The minimum atomic E-state index is -0.677. The molecule has 0 bridgehead atoms. The van der Waals surface area contributed by atoms with E-state index in [0.29, 0.717) is 5.75 Å². The zero-order chi connectivity index (χ0) is 9.84. The summed E-state index contributed by atoms with van der Waals surface area (Å²) < 4.78 is 18.1. The smallest absolute Gasteiger partial charge is 0.133 e. The molecule has 0 N–H and O–H groups in total. The van der Waals surface area contributed by atoms with Crippen LogP contribution in [-0.4, -0.2) is 7.11 Å². The molecule has 1 unspecified atom stereocenters. The molecule has 0 aromatic heterocycles. The highest BCUT2D eigenvalue weighted by atomic mass is 79.9. The highest BCUT2D eigenvalue weighted by molar-refractivity contribution is 9.09. The maximum Gasteiger partial charge on any atom is 0.133 e. The van der Waals surface area contributed by atoms with E-state index in [9.17, 15) is 4.39 Å². The van der Waals surface area contributed by atoms with E-state index in [0.717, 1.165) is 0 Å². The van der Waals surface area contributed by atoms with Gasteiger partial charge < -0.3 is 4.74 Å². The lowest BCUT2D eigenvalue weighted by Gasteiger charge is -2.09. The highest BCUT2D eigenvalue weighted by Crippen LogP contribution is 2.32. The Hall–Kier alpha value is -1.08. The van der Waals surface area contributed by atoms with Gasteiger partial charge in [0.1, 0.15) is 16.4 Å². The first-order valence-corrected chi connectivity index (χ1v) is 4.48. The Labute approximate surface area is 84.1 Å². The van der Waals surface area contributed by atoms with E-state index in [-0.39, 0.29) is 5.56 Å². The van der Waals surface area contributed by atoms with E-state index in [2.05, 4.69) is 15.9 Å². The molecule has 0 saturated heterocycles. The van der Waals surface area contributed by atoms with Crippen molar-refractivity contribution in [3.63, 3.8) is 0 Å². The van der Waals surface area contributed by atoms with Gasteiger partial charge in [-0.15, -0.1) is 0 Å². The van der Waals surface area contributed by atoms with E-state index >= 15 is 0 Å². The first-order chi connectivity index (χ1) is 6.20. The second-order valence-corrected chi connectivity index (χ2v) is 3.26. The summed E-state index contributed by atoms with van der Waals surface area (Å²) in [5, 5.41) is 8.61. The molecule has 2 nitrogen and oxygen atoms in total. The Balaban J connectivity index is 3.24. The van der Waals surface area contributed by atoms with Crippen LogP contribution in [0.4, 0.5) is 4.39 Å². The average Bonchev–Trinajstić information content (AvgIpc) is 2.16. The molecule has 1 rings (SSSR count). The Kier molecular flexibility index (Phi) is 3.26. The van der Waals surface area contributed by atoms with Crippen molar-refractivity contribution in [2.45, 2.75) is 4.83 Å². The maximum absolute atomic E-state index is 13.2.